The largest absolute Gasteiger partial charge is 0.425 e. The van der Waals surface area contributed by atoms with Crippen molar-refractivity contribution >= 4 is 28.6 Å². The molecule has 0 fully saturated rings. The summed E-state index contributed by atoms with van der Waals surface area (Å²) < 4.78 is 9.31. The van der Waals surface area contributed by atoms with Crippen LogP contribution >= 0.6 is 11.6 Å². The zero-order valence-electron chi connectivity index (χ0n) is 6.61. The Bertz CT molecular complexity index is 564. The maximum atomic E-state index is 11.2. The van der Waals surface area contributed by atoms with Crippen molar-refractivity contribution in [3.05, 3.63) is 32.1 Å². The standard InChI is InChI=1S/C7H3ClN2O4/c8-3-1-2-4(6(12)14-3)5(11)10-7(9)13-2/h1H,(H2,9,10,11). The lowest BCUT2D eigenvalue weighted by atomic mass is 10.3. The second-order valence-electron chi connectivity index (χ2n) is 2.43. The van der Waals surface area contributed by atoms with Gasteiger partial charge in [-0.2, -0.15) is 4.98 Å². The second-order valence-corrected chi connectivity index (χ2v) is 2.81. The Balaban J connectivity index is 3.10. The summed E-state index contributed by atoms with van der Waals surface area (Å²) in [5, 5.41) is -0.486. The number of aromatic nitrogens is 1. The zero-order valence-corrected chi connectivity index (χ0v) is 7.37. The van der Waals surface area contributed by atoms with Gasteiger partial charge in [-0.3, -0.25) is 4.79 Å². The van der Waals surface area contributed by atoms with Crippen LogP contribution in [0.25, 0.3) is 11.0 Å². The van der Waals surface area contributed by atoms with E-state index >= 15 is 0 Å². The Morgan fingerprint density at radius 1 is 1.36 bits per heavy atom. The number of nitrogens with two attached hydrogens (primary N) is 1. The number of hydrogen-bond donors (Lipinski definition) is 1. The lowest BCUT2D eigenvalue weighted by Gasteiger charge is -1.95. The summed E-state index contributed by atoms with van der Waals surface area (Å²) in [4.78, 5) is 25.6. The molecule has 0 bridgehead atoms. The molecule has 0 unspecified atom stereocenters. The van der Waals surface area contributed by atoms with Crippen molar-refractivity contribution in [3.8, 4) is 0 Å². The first kappa shape index (κ1) is 8.76. The number of rotatable bonds is 0. The molecule has 72 valence electrons. The van der Waals surface area contributed by atoms with E-state index in [1.807, 2.05) is 0 Å². The highest BCUT2D eigenvalue weighted by molar-refractivity contribution is 6.29. The molecule has 0 atom stereocenters. The fourth-order valence-corrected chi connectivity index (χ4v) is 1.18. The third kappa shape index (κ3) is 1.25. The fraction of sp³-hybridized carbons (Fsp3) is 0. The summed E-state index contributed by atoms with van der Waals surface area (Å²) in [6, 6.07) is 0.849. The Hall–Kier alpha value is -1.82. The molecule has 7 heteroatoms. The lowest BCUT2D eigenvalue weighted by Crippen LogP contribution is -2.16. The molecule has 0 amide bonds. The summed E-state index contributed by atoms with van der Waals surface area (Å²) >= 11 is 5.44. The van der Waals surface area contributed by atoms with E-state index < -0.39 is 11.2 Å². The number of nitrogen functional groups attached to an aromatic ring is 1. The molecular formula is C7H3ClN2O4. The average molecular weight is 215 g/mol. The van der Waals surface area contributed by atoms with Gasteiger partial charge in [-0.1, -0.05) is 0 Å². The quantitative estimate of drug-likeness (QED) is 0.680. The molecule has 2 N–H and O–H groups in total. The Morgan fingerprint density at radius 3 is 2.79 bits per heavy atom. The van der Waals surface area contributed by atoms with Crippen LogP contribution in [0.15, 0.2) is 24.5 Å². The van der Waals surface area contributed by atoms with Crippen molar-refractivity contribution in [2.75, 3.05) is 5.73 Å². The summed E-state index contributed by atoms with van der Waals surface area (Å²) in [7, 11) is 0. The van der Waals surface area contributed by atoms with Gasteiger partial charge in [0.05, 0.1) is 0 Å². The molecular weight excluding hydrogens is 212 g/mol. The highest BCUT2D eigenvalue weighted by atomic mass is 35.5. The SMILES string of the molecule is Nc1nc(=O)c2c(=O)oc(Cl)cc2o1. The monoisotopic (exact) mass is 214 g/mol. The molecule has 0 saturated carbocycles. The van der Waals surface area contributed by atoms with Crippen molar-refractivity contribution in [3.63, 3.8) is 0 Å². The minimum atomic E-state index is -0.895. The van der Waals surface area contributed by atoms with E-state index in [9.17, 15) is 9.59 Å². The number of hydrogen-bond acceptors (Lipinski definition) is 6. The van der Waals surface area contributed by atoms with Gasteiger partial charge < -0.3 is 14.6 Å². The molecule has 0 spiro atoms. The number of anilines is 1. The molecule has 2 heterocycles. The summed E-state index contributed by atoms with van der Waals surface area (Å²) in [5.41, 5.74) is 3.44. The molecule has 2 aromatic heterocycles. The van der Waals surface area contributed by atoms with Crippen LogP contribution in [0.5, 0.6) is 0 Å². The van der Waals surface area contributed by atoms with Gasteiger partial charge in [0.15, 0.2) is 11.0 Å². The highest BCUT2D eigenvalue weighted by Gasteiger charge is 2.11. The average Bonchev–Trinajstić information content (AvgIpc) is 1.99. The van der Waals surface area contributed by atoms with Crippen molar-refractivity contribution in [2.45, 2.75) is 0 Å². The summed E-state index contributed by atoms with van der Waals surface area (Å²) in [6.45, 7) is 0. The van der Waals surface area contributed by atoms with E-state index in [1.54, 1.807) is 0 Å². The van der Waals surface area contributed by atoms with Crippen molar-refractivity contribution < 1.29 is 8.83 Å². The lowest BCUT2D eigenvalue weighted by molar-refractivity contribution is 0.511. The van der Waals surface area contributed by atoms with Crippen LogP contribution in [0.1, 0.15) is 0 Å². The van der Waals surface area contributed by atoms with Crippen LogP contribution in [0.2, 0.25) is 5.22 Å². The molecule has 0 saturated heterocycles. The Kier molecular flexibility index (Phi) is 1.78. The van der Waals surface area contributed by atoms with Gasteiger partial charge in [0.1, 0.15) is 0 Å². The van der Waals surface area contributed by atoms with E-state index in [0.29, 0.717) is 0 Å². The summed E-state index contributed by atoms with van der Waals surface area (Å²) in [5.74, 6) is 0. The predicted molar refractivity (Wildman–Crippen MR) is 48.2 cm³/mol. The van der Waals surface area contributed by atoms with E-state index in [4.69, 9.17) is 21.8 Å². The molecule has 2 rings (SSSR count). The van der Waals surface area contributed by atoms with E-state index in [-0.39, 0.29) is 22.2 Å². The van der Waals surface area contributed by atoms with Crippen LogP contribution in [0, 0.1) is 0 Å². The van der Waals surface area contributed by atoms with Gasteiger partial charge in [-0.25, -0.2) is 4.79 Å². The predicted octanol–water partition coefficient (Wildman–Crippen LogP) is 0.377. The topological polar surface area (TPSA) is 99.3 Å². The third-order valence-electron chi connectivity index (χ3n) is 1.53. The molecule has 14 heavy (non-hydrogen) atoms. The van der Waals surface area contributed by atoms with Gasteiger partial charge >= 0.3 is 5.63 Å². The van der Waals surface area contributed by atoms with E-state index in [2.05, 4.69) is 9.40 Å². The van der Waals surface area contributed by atoms with Gasteiger partial charge in [-0.05, 0) is 11.6 Å². The van der Waals surface area contributed by atoms with Crippen LogP contribution in [-0.4, -0.2) is 4.98 Å². The first-order valence-electron chi connectivity index (χ1n) is 3.48. The minimum Gasteiger partial charge on any atom is -0.425 e. The van der Waals surface area contributed by atoms with Crippen LogP contribution in [-0.2, 0) is 0 Å². The first-order chi connectivity index (χ1) is 6.58. The van der Waals surface area contributed by atoms with Crippen LogP contribution in [0.3, 0.4) is 0 Å². The van der Waals surface area contributed by atoms with Crippen molar-refractivity contribution in [1.29, 1.82) is 0 Å². The second kappa shape index (κ2) is 2.85. The smallest absolute Gasteiger partial charge is 0.353 e. The van der Waals surface area contributed by atoms with Gasteiger partial charge in [0.25, 0.3) is 11.6 Å². The molecule has 0 aliphatic heterocycles. The molecule has 0 aliphatic carbocycles. The van der Waals surface area contributed by atoms with E-state index in [0.717, 1.165) is 0 Å². The molecule has 0 radical (unpaired) electrons. The number of fused-ring (bicyclic) bond motifs is 1. The van der Waals surface area contributed by atoms with Crippen LogP contribution < -0.4 is 16.9 Å². The highest BCUT2D eigenvalue weighted by Crippen LogP contribution is 2.13. The van der Waals surface area contributed by atoms with Gasteiger partial charge in [0, 0.05) is 6.07 Å². The Labute approximate surface area is 80.9 Å². The zero-order chi connectivity index (χ0) is 10.3. The van der Waals surface area contributed by atoms with E-state index in [1.165, 1.54) is 6.07 Å². The van der Waals surface area contributed by atoms with Crippen molar-refractivity contribution in [2.24, 2.45) is 0 Å². The molecule has 2 aromatic rings. The van der Waals surface area contributed by atoms with Crippen molar-refractivity contribution in [1.82, 2.24) is 4.98 Å². The maximum absolute atomic E-state index is 11.2. The van der Waals surface area contributed by atoms with Gasteiger partial charge in [-0.15, -0.1) is 0 Å². The normalized spacial score (nSPS) is 10.6. The van der Waals surface area contributed by atoms with Crippen LogP contribution in [0.4, 0.5) is 6.01 Å². The van der Waals surface area contributed by atoms with Gasteiger partial charge in [0.2, 0.25) is 5.22 Å². The fourth-order valence-electron chi connectivity index (χ4n) is 1.01. The first-order valence-corrected chi connectivity index (χ1v) is 3.85. The molecule has 6 nitrogen and oxygen atoms in total. The third-order valence-corrected chi connectivity index (χ3v) is 1.71. The Morgan fingerprint density at radius 2 is 2.07 bits per heavy atom. The minimum absolute atomic E-state index is 0.0382. The molecule has 0 aromatic carbocycles. The number of halogens is 1. The molecule has 0 aliphatic rings. The maximum Gasteiger partial charge on any atom is 0.353 e. The summed E-state index contributed by atoms with van der Waals surface area (Å²) in [6.07, 6.45) is 0. The number of nitrogens with zero attached hydrogens (tertiary/aromatic N) is 1.